The van der Waals surface area contributed by atoms with E-state index in [4.69, 9.17) is 35.9 Å². The van der Waals surface area contributed by atoms with Gasteiger partial charge >= 0.3 is 23.9 Å². The molecule has 0 aliphatic carbocycles. The van der Waals surface area contributed by atoms with Crippen LogP contribution in [0.2, 0.25) is 0 Å². The molecule has 0 N–H and O–H groups in total. The van der Waals surface area contributed by atoms with E-state index < -0.39 is 53.7 Å². The lowest BCUT2D eigenvalue weighted by Gasteiger charge is -2.44. The van der Waals surface area contributed by atoms with Crippen molar-refractivity contribution in [3.8, 4) is 0 Å². The quantitative estimate of drug-likeness (QED) is 0.256. The Morgan fingerprint density at radius 2 is 1.32 bits per heavy atom. The van der Waals surface area contributed by atoms with Crippen LogP contribution in [0.15, 0.2) is 30.3 Å². The molecule has 0 bridgehead atoms. The summed E-state index contributed by atoms with van der Waals surface area (Å²) >= 11 is 6.73. The smallest absolute Gasteiger partial charge is 0.303 e. The normalized spacial score (nSPS) is 24.4. The number of nitrogens with zero attached hydrogens (tertiary/aromatic N) is 2. The summed E-state index contributed by atoms with van der Waals surface area (Å²) in [6.07, 6.45) is -4.75. The maximum atomic E-state index is 12.8. The third kappa shape index (κ3) is 8.63. The second-order valence-electron chi connectivity index (χ2n) is 9.10. The fraction of sp³-hybridized carbons (Fsp3) is 0.538. The lowest BCUT2D eigenvalue weighted by atomic mass is 9.99. The molecular weight excluding hydrogens is 564 g/mol. The monoisotopic (exact) mass is 596 g/mol. The van der Waals surface area contributed by atoms with Crippen molar-refractivity contribution in [2.45, 2.75) is 57.5 Å². The van der Waals surface area contributed by atoms with Crippen molar-refractivity contribution in [2.24, 2.45) is 0 Å². The molecule has 2 aliphatic heterocycles. The van der Waals surface area contributed by atoms with Crippen molar-refractivity contribution in [2.75, 3.05) is 32.8 Å². The average Bonchev–Trinajstić information content (AvgIpc) is 2.90. The van der Waals surface area contributed by atoms with Gasteiger partial charge in [-0.1, -0.05) is 42.2 Å². The summed E-state index contributed by atoms with van der Waals surface area (Å²) in [5.74, 6) is -2.77. The van der Waals surface area contributed by atoms with Crippen LogP contribution in [0.5, 0.6) is 0 Å². The van der Waals surface area contributed by atoms with Gasteiger partial charge in [0.05, 0.1) is 0 Å². The molecule has 0 saturated carbocycles. The average molecular weight is 597 g/mol. The van der Waals surface area contributed by atoms with Crippen LogP contribution in [0, 0.1) is 0 Å². The van der Waals surface area contributed by atoms with Gasteiger partial charge in [-0.25, -0.2) is 0 Å². The number of benzene rings is 1. The number of hydrogen-bond donors (Lipinski definition) is 0. The van der Waals surface area contributed by atoms with Crippen LogP contribution in [0.1, 0.15) is 38.1 Å². The second kappa shape index (κ2) is 14.4. The van der Waals surface area contributed by atoms with Gasteiger partial charge in [-0.05, 0) is 12.1 Å². The van der Waals surface area contributed by atoms with Crippen molar-refractivity contribution in [1.82, 2.24) is 9.80 Å². The summed E-state index contributed by atoms with van der Waals surface area (Å²) in [6, 6.07) is 8.99. The lowest BCUT2D eigenvalue weighted by Crippen LogP contribution is -2.62. The minimum atomic E-state index is -1.26. The number of carbonyl (C=O) groups excluding carboxylic acids is 5. The Kier molecular flexibility index (Phi) is 11.3. The number of hydrogen-bond acceptors (Lipinski definition) is 12. The SMILES string of the molecule is CC(=O)OC[C@H]1O[C@@H](SC(=S)N2CCN(C(=O)c3ccccc3)CC2)[C@H](OC(C)=O)[C@@H](OC(C)=O)[C@@H]1OC(C)=O. The molecule has 1 aromatic rings. The highest BCUT2D eigenvalue weighted by Crippen LogP contribution is 2.35. The molecule has 2 saturated heterocycles. The molecule has 14 heteroatoms. The Morgan fingerprint density at radius 3 is 1.88 bits per heavy atom. The molecule has 1 aromatic carbocycles. The molecule has 3 rings (SSSR count). The van der Waals surface area contributed by atoms with Gasteiger partial charge in [0.1, 0.15) is 17.0 Å². The van der Waals surface area contributed by atoms with E-state index in [0.717, 1.165) is 25.6 Å². The number of esters is 4. The fourth-order valence-corrected chi connectivity index (χ4v) is 5.85. The first-order chi connectivity index (χ1) is 19.0. The molecule has 0 unspecified atom stereocenters. The van der Waals surface area contributed by atoms with Gasteiger partial charge in [0.25, 0.3) is 5.91 Å². The highest BCUT2D eigenvalue weighted by atomic mass is 32.2. The van der Waals surface area contributed by atoms with Crippen LogP contribution in [0.4, 0.5) is 0 Å². The lowest BCUT2D eigenvalue weighted by molar-refractivity contribution is -0.237. The minimum Gasteiger partial charge on any atom is -0.463 e. The molecule has 40 heavy (non-hydrogen) atoms. The van der Waals surface area contributed by atoms with Crippen LogP contribution in [0.25, 0.3) is 0 Å². The number of thiocarbonyl (C=S) groups is 1. The number of rotatable bonds is 7. The molecule has 2 heterocycles. The van der Waals surface area contributed by atoms with Gasteiger partial charge in [-0.15, -0.1) is 0 Å². The van der Waals surface area contributed by atoms with Crippen LogP contribution in [-0.2, 0) is 42.9 Å². The molecular formula is C26H32N2O10S2. The zero-order valence-corrected chi connectivity index (χ0v) is 24.2. The van der Waals surface area contributed by atoms with Gasteiger partial charge in [0.15, 0.2) is 23.7 Å². The van der Waals surface area contributed by atoms with Crippen molar-refractivity contribution in [3.63, 3.8) is 0 Å². The fourth-order valence-electron chi connectivity index (χ4n) is 4.31. The molecule has 2 fully saturated rings. The van der Waals surface area contributed by atoms with E-state index in [0.29, 0.717) is 36.1 Å². The number of piperazine rings is 1. The maximum absolute atomic E-state index is 12.8. The minimum absolute atomic E-state index is 0.0709. The first-order valence-corrected chi connectivity index (χ1v) is 13.9. The number of ether oxygens (including phenoxy) is 5. The Bertz CT molecular complexity index is 1110. The first kappa shape index (κ1) is 31.3. The number of amides is 1. The highest BCUT2D eigenvalue weighted by Gasteiger charge is 2.53. The molecule has 5 atom stereocenters. The Morgan fingerprint density at radius 1 is 0.800 bits per heavy atom. The predicted molar refractivity (Wildman–Crippen MR) is 146 cm³/mol. The zero-order chi connectivity index (χ0) is 29.4. The van der Waals surface area contributed by atoms with Gasteiger partial charge < -0.3 is 33.5 Å². The van der Waals surface area contributed by atoms with E-state index in [-0.39, 0.29) is 12.5 Å². The molecule has 1 amide bonds. The van der Waals surface area contributed by atoms with E-state index in [1.165, 1.54) is 13.8 Å². The van der Waals surface area contributed by atoms with E-state index >= 15 is 0 Å². The summed E-state index contributed by atoms with van der Waals surface area (Å²) in [5.41, 5.74) is -0.400. The van der Waals surface area contributed by atoms with Crippen molar-refractivity contribution >= 4 is 58.1 Å². The topological polar surface area (TPSA) is 138 Å². The Hall–Kier alpha value is -3.23. The number of carbonyl (C=O) groups is 5. The largest absolute Gasteiger partial charge is 0.463 e. The standard InChI is InChI=1S/C26H32N2O10S2/c1-15(29)34-14-20-21(35-16(2)30)22(36-17(3)31)23(37-18(4)32)25(38-20)40-26(39)28-12-10-27(11-13-28)24(33)19-8-6-5-7-9-19/h5-9,20-23,25H,10-14H2,1-4H3/t20-,21-,22+,23-,25+/m1/s1. The van der Waals surface area contributed by atoms with Crippen molar-refractivity contribution in [1.29, 1.82) is 0 Å². The van der Waals surface area contributed by atoms with Gasteiger partial charge in [-0.3, -0.25) is 24.0 Å². The third-order valence-electron chi connectivity index (χ3n) is 6.01. The van der Waals surface area contributed by atoms with E-state index in [9.17, 15) is 24.0 Å². The third-order valence-corrected chi connectivity index (χ3v) is 7.63. The maximum Gasteiger partial charge on any atom is 0.303 e. The molecule has 218 valence electrons. The van der Waals surface area contributed by atoms with E-state index in [1.54, 1.807) is 17.0 Å². The van der Waals surface area contributed by atoms with Crippen LogP contribution < -0.4 is 0 Å². The van der Waals surface area contributed by atoms with Crippen molar-refractivity contribution in [3.05, 3.63) is 35.9 Å². The first-order valence-electron chi connectivity index (χ1n) is 12.6. The predicted octanol–water partition coefficient (Wildman–Crippen LogP) is 1.55. The number of thioether (sulfide) groups is 1. The van der Waals surface area contributed by atoms with Gasteiger partial charge in [0, 0.05) is 59.4 Å². The summed E-state index contributed by atoms with van der Waals surface area (Å²) in [4.78, 5) is 63.9. The summed E-state index contributed by atoms with van der Waals surface area (Å²) < 4.78 is 28.0. The van der Waals surface area contributed by atoms with Crippen LogP contribution in [-0.4, -0.2) is 107 Å². The van der Waals surface area contributed by atoms with Crippen molar-refractivity contribution < 1.29 is 47.7 Å². The molecule has 0 aromatic heterocycles. The zero-order valence-electron chi connectivity index (χ0n) is 22.6. The van der Waals surface area contributed by atoms with Crippen LogP contribution in [0.3, 0.4) is 0 Å². The summed E-state index contributed by atoms with van der Waals surface area (Å²) in [5, 5.41) is 0. The molecule has 2 aliphatic rings. The van der Waals surface area contributed by atoms with Crippen LogP contribution >= 0.6 is 24.0 Å². The van der Waals surface area contributed by atoms with E-state index in [2.05, 4.69) is 0 Å². The highest BCUT2D eigenvalue weighted by molar-refractivity contribution is 8.23. The summed E-state index contributed by atoms with van der Waals surface area (Å²) in [7, 11) is 0. The molecule has 0 spiro atoms. The Labute approximate surface area is 241 Å². The van der Waals surface area contributed by atoms with Gasteiger partial charge in [-0.2, -0.15) is 0 Å². The van der Waals surface area contributed by atoms with E-state index in [1.807, 2.05) is 23.1 Å². The second-order valence-corrected chi connectivity index (χ2v) is 10.8. The molecule has 12 nitrogen and oxygen atoms in total. The molecule has 0 radical (unpaired) electrons. The summed E-state index contributed by atoms with van der Waals surface area (Å²) in [6.45, 7) is 6.17. The Balaban J connectivity index is 1.77. The van der Waals surface area contributed by atoms with Gasteiger partial charge in [0.2, 0.25) is 0 Å².